The molecule has 0 amide bonds. The van der Waals surface area contributed by atoms with Crippen LogP contribution >= 0.6 is 0 Å². The first kappa shape index (κ1) is 17.3. The monoisotopic (exact) mass is 305 g/mol. The maximum Gasteiger partial charge on any atom is 0.122 e. The van der Waals surface area contributed by atoms with E-state index in [0.717, 1.165) is 44.8 Å². The Morgan fingerprint density at radius 3 is 2.41 bits per heavy atom. The molecule has 0 aliphatic carbocycles. The molecule has 1 aromatic rings. The van der Waals surface area contributed by atoms with Gasteiger partial charge in [0.2, 0.25) is 0 Å². The van der Waals surface area contributed by atoms with Crippen molar-refractivity contribution in [1.29, 1.82) is 0 Å². The van der Waals surface area contributed by atoms with E-state index in [4.69, 9.17) is 4.74 Å². The highest BCUT2D eigenvalue weighted by Gasteiger charge is 2.17. The molecule has 1 aliphatic rings. The summed E-state index contributed by atoms with van der Waals surface area (Å²) in [5.41, 5.74) is 2.68. The Labute approximate surface area is 135 Å². The molecule has 0 saturated carbocycles. The Bertz CT molecular complexity index is 463. The van der Waals surface area contributed by atoms with E-state index in [1.165, 1.54) is 11.1 Å². The van der Waals surface area contributed by atoms with Gasteiger partial charge in [0.15, 0.2) is 0 Å². The summed E-state index contributed by atoms with van der Waals surface area (Å²) in [6, 6.07) is 6.61. The number of hydrogen-bond donors (Lipinski definition) is 1. The van der Waals surface area contributed by atoms with Gasteiger partial charge in [0, 0.05) is 19.6 Å². The zero-order chi connectivity index (χ0) is 16.1. The molecule has 1 heterocycles. The van der Waals surface area contributed by atoms with Crippen molar-refractivity contribution in [3.63, 3.8) is 0 Å². The van der Waals surface area contributed by atoms with E-state index < -0.39 is 0 Å². The molecule has 22 heavy (non-hydrogen) atoms. The molecule has 0 aromatic heterocycles. The van der Waals surface area contributed by atoms with Crippen LogP contribution in [0.2, 0.25) is 0 Å². The van der Waals surface area contributed by atoms with Crippen molar-refractivity contribution in [3.8, 4) is 5.75 Å². The average molecular weight is 305 g/mol. The number of nitrogens with zero attached hydrogens (tertiary/aromatic N) is 1. The number of ether oxygens (including phenoxy) is 1. The van der Waals surface area contributed by atoms with Crippen LogP contribution in [0, 0.1) is 0 Å². The molecule has 2 rings (SSSR count). The predicted octanol–water partition coefficient (Wildman–Crippen LogP) is 3.77. The molecule has 0 spiro atoms. The van der Waals surface area contributed by atoms with Gasteiger partial charge in [-0.15, -0.1) is 0 Å². The van der Waals surface area contributed by atoms with Gasteiger partial charge in [0.05, 0.1) is 6.10 Å². The topological polar surface area (TPSA) is 32.7 Å². The van der Waals surface area contributed by atoms with Gasteiger partial charge < -0.3 is 9.84 Å². The van der Waals surface area contributed by atoms with E-state index in [0.29, 0.717) is 11.8 Å². The Balaban J connectivity index is 1.91. The van der Waals surface area contributed by atoms with Crippen LogP contribution in [0.5, 0.6) is 5.75 Å². The highest BCUT2D eigenvalue weighted by molar-refractivity contribution is 5.40. The van der Waals surface area contributed by atoms with Gasteiger partial charge in [-0.2, -0.15) is 0 Å². The largest absolute Gasteiger partial charge is 0.492 e. The lowest BCUT2D eigenvalue weighted by molar-refractivity contribution is 0.0754. The van der Waals surface area contributed by atoms with Gasteiger partial charge in [-0.05, 0) is 41.9 Å². The SMILES string of the molecule is CC(C)c1ccc(OCCN2CCC(O)CC2)c(C(C)C)c1. The number of hydrogen-bond acceptors (Lipinski definition) is 3. The van der Waals surface area contributed by atoms with E-state index in [9.17, 15) is 5.11 Å². The third-order valence-electron chi connectivity index (χ3n) is 4.54. The molecule has 3 heteroatoms. The van der Waals surface area contributed by atoms with Crippen LogP contribution in [-0.4, -0.2) is 42.4 Å². The zero-order valence-electron chi connectivity index (χ0n) is 14.5. The minimum absolute atomic E-state index is 0.103. The highest BCUT2D eigenvalue weighted by atomic mass is 16.5. The fraction of sp³-hybridized carbons (Fsp3) is 0.684. The maximum atomic E-state index is 9.54. The second-order valence-corrected chi connectivity index (χ2v) is 7.03. The van der Waals surface area contributed by atoms with Crippen molar-refractivity contribution in [2.24, 2.45) is 0 Å². The van der Waals surface area contributed by atoms with Crippen molar-refractivity contribution in [2.45, 2.75) is 58.5 Å². The van der Waals surface area contributed by atoms with E-state index in [1.807, 2.05) is 0 Å². The number of aliphatic hydroxyl groups is 1. The summed E-state index contributed by atoms with van der Waals surface area (Å²) >= 11 is 0. The van der Waals surface area contributed by atoms with Crippen molar-refractivity contribution >= 4 is 0 Å². The third kappa shape index (κ3) is 4.72. The van der Waals surface area contributed by atoms with Gasteiger partial charge in [-0.3, -0.25) is 4.90 Å². The molecule has 1 aromatic carbocycles. The van der Waals surface area contributed by atoms with Crippen LogP contribution in [0.25, 0.3) is 0 Å². The summed E-state index contributed by atoms with van der Waals surface area (Å²) in [6.45, 7) is 12.5. The van der Waals surface area contributed by atoms with Crippen LogP contribution in [0.3, 0.4) is 0 Å². The van der Waals surface area contributed by atoms with Gasteiger partial charge >= 0.3 is 0 Å². The first-order valence-corrected chi connectivity index (χ1v) is 8.64. The molecule has 1 N–H and O–H groups in total. The van der Waals surface area contributed by atoms with Crippen LogP contribution in [0.4, 0.5) is 0 Å². The summed E-state index contributed by atoms with van der Waals surface area (Å²) in [5.74, 6) is 2.04. The predicted molar refractivity (Wildman–Crippen MR) is 91.8 cm³/mol. The quantitative estimate of drug-likeness (QED) is 0.868. The number of aliphatic hydroxyl groups excluding tert-OH is 1. The van der Waals surface area contributed by atoms with Crippen LogP contribution in [-0.2, 0) is 0 Å². The number of likely N-dealkylation sites (tertiary alicyclic amines) is 1. The van der Waals surface area contributed by atoms with Crippen LogP contribution in [0.1, 0.15) is 63.5 Å². The first-order valence-electron chi connectivity index (χ1n) is 8.64. The molecule has 1 aliphatic heterocycles. The molecule has 0 unspecified atom stereocenters. The summed E-state index contributed by atoms with van der Waals surface area (Å²) < 4.78 is 6.06. The van der Waals surface area contributed by atoms with E-state index >= 15 is 0 Å². The number of benzene rings is 1. The van der Waals surface area contributed by atoms with E-state index in [1.54, 1.807) is 0 Å². The van der Waals surface area contributed by atoms with E-state index in [2.05, 4.69) is 50.8 Å². The van der Waals surface area contributed by atoms with Gasteiger partial charge in [0.25, 0.3) is 0 Å². The Morgan fingerprint density at radius 1 is 1.14 bits per heavy atom. The number of rotatable bonds is 6. The molecule has 1 fully saturated rings. The summed E-state index contributed by atoms with van der Waals surface area (Å²) in [5, 5.41) is 9.54. The summed E-state index contributed by atoms with van der Waals surface area (Å²) in [4.78, 5) is 2.38. The Morgan fingerprint density at radius 2 is 1.82 bits per heavy atom. The second kappa shape index (κ2) is 7.98. The lowest BCUT2D eigenvalue weighted by atomic mass is 9.95. The van der Waals surface area contributed by atoms with Crippen molar-refractivity contribution in [2.75, 3.05) is 26.2 Å². The standard InChI is InChI=1S/C19H31NO2/c1-14(2)16-5-6-19(18(13-16)15(3)4)22-12-11-20-9-7-17(21)8-10-20/h5-6,13-15,17,21H,7-12H2,1-4H3. The zero-order valence-corrected chi connectivity index (χ0v) is 14.5. The lowest BCUT2D eigenvalue weighted by Gasteiger charge is -2.29. The minimum atomic E-state index is -0.103. The maximum absolute atomic E-state index is 9.54. The Kier molecular flexibility index (Phi) is 6.27. The molecular formula is C19H31NO2. The van der Waals surface area contributed by atoms with Crippen molar-refractivity contribution < 1.29 is 9.84 Å². The van der Waals surface area contributed by atoms with Gasteiger partial charge in [0.1, 0.15) is 12.4 Å². The third-order valence-corrected chi connectivity index (χ3v) is 4.54. The molecule has 124 valence electrons. The lowest BCUT2D eigenvalue weighted by Crippen LogP contribution is -2.38. The fourth-order valence-corrected chi connectivity index (χ4v) is 2.94. The van der Waals surface area contributed by atoms with E-state index in [-0.39, 0.29) is 6.10 Å². The smallest absolute Gasteiger partial charge is 0.122 e. The molecule has 1 saturated heterocycles. The Hall–Kier alpha value is -1.06. The molecule has 0 radical (unpaired) electrons. The molecule has 0 atom stereocenters. The second-order valence-electron chi connectivity index (χ2n) is 7.03. The summed E-state index contributed by atoms with van der Waals surface area (Å²) in [7, 11) is 0. The molecule has 0 bridgehead atoms. The summed E-state index contributed by atoms with van der Waals surface area (Å²) in [6.07, 6.45) is 1.67. The highest BCUT2D eigenvalue weighted by Crippen LogP contribution is 2.30. The van der Waals surface area contributed by atoms with Crippen molar-refractivity contribution in [1.82, 2.24) is 4.90 Å². The first-order chi connectivity index (χ1) is 10.5. The molecular weight excluding hydrogens is 274 g/mol. The average Bonchev–Trinajstić information content (AvgIpc) is 2.49. The van der Waals surface area contributed by atoms with Crippen LogP contribution < -0.4 is 4.74 Å². The van der Waals surface area contributed by atoms with Gasteiger partial charge in [-0.1, -0.05) is 39.8 Å². The normalized spacial score (nSPS) is 17.4. The fourth-order valence-electron chi connectivity index (χ4n) is 2.94. The van der Waals surface area contributed by atoms with Gasteiger partial charge in [-0.25, -0.2) is 0 Å². The molecule has 3 nitrogen and oxygen atoms in total. The van der Waals surface area contributed by atoms with Crippen LogP contribution in [0.15, 0.2) is 18.2 Å². The number of piperidine rings is 1. The minimum Gasteiger partial charge on any atom is -0.492 e. The van der Waals surface area contributed by atoms with Crippen molar-refractivity contribution in [3.05, 3.63) is 29.3 Å².